The molecule has 0 aromatic heterocycles. The van der Waals surface area contributed by atoms with E-state index < -0.39 is 11.7 Å². The van der Waals surface area contributed by atoms with Crippen molar-refractivity contribution in [2.24, 2.45) is 0 Å². The molecule has 2 saturated heterocycles. The molecular formula is C13H13ClO4. The maximum absolute atomic E-state index is 11.2. The van der Waals surface area contributed by atoms with Gasteiger partial charge in [-0.25, -0.2) is 0 Å². The maximum atomic E-state index is 11.2. The molecule has 96 valence electrons. The molecule has 0 radical (unpaired) electrons. The number of esters is 1. The van der Waals surface area contributed by atoms with Gasteiger partial charge in [-0.05, 0) is 5.56 Å². The first-order valence-corrected chi connectivity index (χ1v) is 6.32. The Bertz CT molecular complexity index is 436. The van der Waals surface area contributed by atoms with Crippen LogP contribution in [-0.4, -0.2) is 29.8 Å². The normalized spacial score (nSPS) is 34.4. The Kier molecular flexibility index (Phi) is 3.24. The molecule has 18 heavy (non-hydrogen) atoms. The van der Waals surface area contributed by atoms with Crippen molar-refractivity contribution in [2.45, 2.75) is 36.9 Å². The van der Waals surface area contributed by atoms with Crippen molar-refractivity contribution < 1.29 is 19.0 Å². The topological polar surface area (TPSA) is 44.8 Å². The second-order valence-electron chi connectivity index (χ2n) is 4.45. The van der Waals surface area contributed by atoms with Gasteiger partial charge < -0.3 is 14.2 Å². The van der Waals surface area contributed by atoms with Crippen LogP contribution >= 0.6 is 11.6 Å². The molecule has 1 aromatic carbocycles. The van der Waals surface area contributed by atoms with Gasteiger partial charge in [-0.2, -0.15) is 0 Å². The smallest absolute Gasteiger partial charge is 0.309 e. The Morgan fingerprint density at radius 3 is 2.89 bits per heavy atom. The number of fused-ring (bicyclic) bond motifs is 1. The van der Waals surface area contributed by atoms with E-state index in [9.17, 15) is 4.79 Å². The van der Waals surface area contributed by atoms with E-state index in [-0.39, 0.29) is 24.6 Å². The first-order valence-electron chi connectivity index (χ1n) is 5.88. The lowest BCUT2D eigenvalue weighted by molar-refractivity contribution is -0.147. The van der Waals surface area contributed by atoms with Crippen LogP contribution in [0.1, 0.15) is 12.0 Å². The fraction of sp³-hybridized carbons (Fsp3) is 0.462. The lowest BCUT2D eigenvalue weighted by Crippen LogP contribution is -2.32. The SMILES string of the molecule is O=C1C[C@H]2OC(Cl)[C@H](OCc3ccccc3)[C@H]2O1. The quantitative estimate of drug-likeness (QED) is 0.620. The standard InChI is InChI=1S/C13H13ClO4/c14-13-12(11-9(17-13)6-10(15)18-11)16-7-8-4-2-1-3-5-8/h1-5,9,11-13H,6-7H2/t9-,11+,12-,13?/m1/s1. The number of carbonyl (C=O) groups excluding carboxylic acids is 1. The summed E-state index contributed by atoms with van der Waals surface area (Å²) in [6.45, 7) is 0.429. The number of ether oxygens (including phenoxy) is 3. The first-order chi connectivity index (χ1) is 8.74. The average molecular weight is 269 g/mol. The molecule has 0 saturated carbocycles. The second kappa shape index (κ2) is 4.88. The summed E-state index contributed by atoms with van der Waals surface area (Å²) in [6, 6.07) is 9.77. The number of rotatable bonds is 3. The van der Waals surface area contributed by atoms with Crippen LogP contribution in [0.15, 0.2) is 30.3 Å². The van der Waals surface area contributed by atoms with Crippen molar-refractivity contribution in [1.29, 1.82) is 0 Å². The van der Waals surface area contributed by atoms with E-state index in [1.54, 1.807) is 0 Å². The first kappa shape index (κ1) is 12.0. The lowest BCUT2D eigenvalue weighted by atomic mass is 10.1. The van der Waals surface area contributed by atoms with E-state index >= 15 is 0 Å². The molecular weight excluding hydrogens is 256 g/mol. The van der Waals surface area contributed by atoms with Crippen molar-refractivity contribution >= 4 is 17.6 Å². The van der Waals surface area contributed by atoms with Gasteiger partial charge in [0.1, 0.15) is 12.2 Å². The Labute approximate surface area is 110 Å². The number of benzene rings is 1. The summed E-state index contributed by atoms with van der Waals surface area (Å²) in [5.41, 5.74) is 0.492. The van der Waals surface area contributed by atoms with E-state index in [1.807, 2.05) is 30.3 Å². The highest BCUT2D eigenvalue weighted by Gasteiger charge is 2.51. The second-order valence-corrected chi connectivity index (χ2v) is 4.88. The number of alkyl halides is 1. The molecule has 2 fully saturated rings. The van der Waals surface area contributed by atoms with E-state index in [4.69, 9.17) is 25.8 Å². The molecule has 1 unspecified atom stereocenters. The largest absolute Gasteiger partial charge is 0.457 e. The van der Waals surface area contributed by atoms with Gasteiger partial charge in [0.2, 0.25) is 0 Å². The van der Waals surface area contributed by atoms with E-state index in [2.05, 4.69) is 0 Å². The summed E-state index contributed by atoms with van der Waals surface area (Å²) >= 11 is 6.06. The molecule has 4 atom stereocenters. The molecule has 0 spiro atoms. The fourth-order valence-corrected chi connectivity index (χ4v) is 2.64. The van der Waals surface area contributed by atoms with Gasteiger partial charge >= 0.3 is 5.97 Å². The van der Waals surface area contributed by atoms with Crippen LogP contribution < -0.4 is 0 Å². The maximum Gasteiger partial charge on any atom is 0.309 e. The molecule has 3 rings (SSSR count). The minimum absolute atomic E-state index is 0.248. The Morgan fingerprint density at radius 2 is 2.11 bits per heavy atom. The van der Waals surface area contributed by atoms with Crippen LogP contribution in [0.4, 0.5) is 0 Å². The minimum atomic E-state index is -0.559. The van der Waals surface area contributed by atoms with Crippen molar-refractivity contribution in [3.05, 3.63) is 35.9 Å². The van der Waals surface area contributed by atoms with Gasteiger partial charge in [-0.1, -0.05) is 41.9 Å². The molecule has 0 amide bonds. The van der Waals surface area contributed by atoms with Crippen molar-refractivity contribution in [3.8, 4) is 0 Å². The van der Waals surface area contributed by atoms with E-state index in [0.717, 1.165) is 5.56 Å². The van der Waals surface area contributed by atoms with Crippen LogP contribution in [0.2, 0.25) is 0 Å². The van der Waals surface area contributed by atoms with E-state index in [1.165, 1.54) is 0 Å². The third-order valence-electron chi connectivity index (χ3n) is 3.17. The molecule has 2 aliphatic heterocycles. The fourth-order valence-electron chi connectivity index (χ4n) is 2.29. The van der Waals surface area contributed by atoms with Crippen molar-refractivity contribution in [1.82, 2.24) is 0 Å². The van der Waals surface area contributed by atoms with Crippen LogP contribution in [0.5, 0.6) is 0 Å². The van der Waals surface area contributed by atoms with Gasteiger partial charge in [-0.15, -0.1) is 0 Å². The number of hydrogen-bond acceptors (Lipinski definition) is 4. The summed E-state index contributed by atoms with van der Waals surface area (Å²) in [5.74, 6) is -0.248. The summed E-state index contributed by atoms with van der Waals surface area (Å²) in [5, 5.41) is 0. The van der Waals surface area contributed by atoms with Gasteiger partial charge in [0, 0.05) is 0 Å². The third kappa shape index (κ3) is 2.23. The monoisotopic (exact) mass is 268 g/mol. The number of hydrogen-bond donors (Lipinski definition) is 0. The van der Waals surface area contributed by atoms with Crippen LogP contribution in [0, 0.1) is 0 Å². The van der Waals surface area contributed by atoms with Crippen LogP contribution in [0.25, 0.3) is 0 Å². The summed E-state index contributed by atoms with van der Waals surface area (Å²) in [7, 11) is 0. The Balaban J connectivity index is 1.63. The molecule has 2 aliphatic rings. The molecule has 1 aromatic rings. The Morgan fingerprint density at radius 1 is 1.33 bits per heavy atom. The number of halogens is 1. The molecule has 0 aliphatic carbocycles. The van der Waals surface area contributed by atoms with Crippen LogP contribution in [-0.2, 0) is 25.6 Å². The van der Waals surface area contributed by atoms with E-state index in [0.29, 0.717) is 6.61 Å². The minimum Gasteiger partial charge on any atom is -0.457 e. The molecule has 0 bridgehead atoms. The predicted molar refractivity (Wildman–Crippen MR) is 64.0 cm³/mol. The van der Waals surface area contributed by atoms with Gasteiger partial charge in [0.15, 0.2) is 11.7 Å². The zero-order valence-corrected chi connectivity index (χ0v) is 10.4. The molecule has 0 N–H and O–H groups in total. The highest BCUT2D eigenvalue weighted by molar-refractivity contribution is 6.20. The number of carbonyl (C=O) groups is 1. The zero-order chi connectivity index (χ0) is 12.5. The lowest BCUT2D eigenvalue weighted by Gasteiger charge is -2.18. The van der Waals surface area contributed by atoms with Gasteiger partial charge in [0.05, 0.1) is 13.0 Å². The summed E-state index contributed by atoms with van der Waals surface area (Å²) < 4.78 is 16.4. The summed E-state index contributed by atoms with van der Waals surface area (Å²) in [6.07, 6.45) is -0.771. The molecule has 2 heterocycles. The van der Waals surface area contributed by atoms with Gasteiger partial charge in [-0.3, -0.25) is 4.79 Å². The van der Waals surface area contributed by atoms with Crippen molar-refractivity contribution in [2.75, 3.05) is 0 Å². The van der Waals surface area contributed by atoms with Gasteiger partial charge in [0.25, 0.3) is 0 Å². The third-order valence-corrected chi connectivity index (χ3v) is 3.53. The zero-order valence-electron chi connectivity index (χ0n) is 9.62. The molecule has 4 nitrogen and oxygen atoms in total. The molecule has 5 heteroatoms. The highest BCUT2D eigenvalue weighted by atomic mass is 35.5. The highest BCUT2D eigenvalue weighted by Crippen LogP contribution is 2.35. The Hall–Kier alpha value is -1.10. The van der Waals surface area contributed by atoms with Crippen LogP contribution in [0.3, 0.4) is 0 Å². The average Bonchev–Trinajstić information content (AvgIpc) is 2.84. The van der Waals surface area contributed by atoms with Crippen molar-refractivity contribution in [3.63, 3.8) is 0 Å². The predicted octanol–water partition coefficient (Wildman–Crippen LogP) is 1.85. The summed E-state index contributed by atoms with van der Waals surface area (Å²) in [4.78, 5) is 11.2.